The van der Waals surface area contributed by atoms with Gasteiger partial charge < -0.3 is 10.2 Å². The number of nitrogen functional groups attached to an aromatic ring is 1. The number of aromatic nitrogens is 2. The Bertz CT molecular complexity index is 680. The van der Waals surface area contributed by atoms with Crippen molar-refractivity contribution in [1.29, 1.82) is 0 Å². The summed E-state index contributed by atoms with van der Waals surface area (Å²) < 4.78 is 5.40. The molecule has 0 atom stereocenters. The molecule has 8 nitrogen and oxygen atoms in total. The number of para-hydroxylation sites is 1. The highest BCUT2D eigenvalue weighted by atomic mass is 35.5. The summed E-state index contributed by atoms with van der Waals surface area (Å²) in [5, 5.41) is 11.1. The number of halogens is 1. The molecule has 2 rings (SSSR count). The lowest BCUT2D eigenvalue weighted by atomic mass is 10.3. The number of nitrogens with one attached hydrogen (secondary N) is 1. The van der Waals surface area contributed by atoms with Gasteiger partial charge in [-0.15, -0.1) is 0 Å². The molecule has 0 fully saturated rings. The molecule has 2 aromatic rings. The van der Waals surface area contributed by atoms with Gasteiger partial charge in [0.1, 0.15) is 12.4 Å². The predicted molar refractivity (Wildman–Crippen MR) is 77.0 cm³/mol. The lowest BCUT2D eigenvalue weighted by Crippen LogP contribution is -2.12. The minimum absolute atomic E-state index is 0.0171. The second-order valence-corrected chi connectivity index (χ2v) is 4.50. The van der Waals surface area contributed by atoms with E-state index >= 15 is 0 Å². The topological polar surface area (TPSA) is 116 Å². The number of hydrogen-bond acceptors (Lipinski definition) is 7. The number of ether oxygens (including phenoxy) is 1. The number of hydrazine groups is 1. The Morgan fingerprint density at radius 3 is 2.90 bits per heavy atom. The summed E-state index contributed by atoms with van der Waals surface area (Å²) in [4.78, 5) is 18.6. The Labute approximate surface area is 125 Å². The molecule has 0 aliphatic rings. The lowest BCUT2D eigenvalue weighted by Gasteiger charge is -2.09. The van der Waals surface area contributed by atoms with Crippen LogP contribution in [0.5, 0.6) is 5.75 Å². The van der Waals surface area contributed by atoms with Gasteiger partial charge in [0.2, 0.25) is 5.75 Å². The summed E-state index contributed by atoms with van der Waals surface area (Å²) in [5.41, 5.74) is 2.88. The van der Waals surface area contributed by atoms with E-state index in [0.29, 0.717) is 17.3 Å². The highest BCUT2D eigenvalue weighted by molar-refractivity contribution is 6.32. The van der Waals surface area contributed by atoms with Crippen molar-refractivity contribution < 1.29 is 9.66 Å². The molecule has 1 aromatic heterocycles. The molecule has 0 radical (unpaired) electrons. The summed E-state index contributed by atoms with van der Waals surface area (Å²) in [6.45, 7) is 1.70. The average molecular weight is 310 g/mol. The Kier molecular flexibility index (Phi) is 4.51. The number of benzene rings is 1. The number of nitro groups is 1. The van der Waals surface area contributed by atoms with Crippen LogP contribution in [0.3, 0.4) is 0 Å². The van der Waals surface area contributed by atoms with Gasteiger partial charge in [0.15, 0.2) is 5.82 Å². The molecule has 0 saturated heterocycles. The molecular formula is C12H12ClN5O3. The van der Waals surface area contributed by atoms with Crippen LogP contribution >= 0.6 is 11.6 Å². The zero-order valence-electron chi connectivity index (χ0n) is 11.0. The van der Waals surface area contributed by atoms with E-state index in [4.69, 9.17) is 22.2 Å². The minimum Gasteiger partial charge on any atom is -0.478 e. The molecule has 3 N–H and O–H groups in total. The molecule has 0 unspecified atom stereocenters. The largest absolute Gasteiger partial charge is 0.478 e. The Hall–Kier alpha value is -2.45. The van der Waals surface area contributed by atoms with Gasteiger partial charge in [0.05, 0.1) is 9.95 Å². The molecular weight excluding hydrogens is 298 g/mol. The normalized spacial score (nSPS) is 10.2. The number of rotatable bonds is 5. The molecule has 0 aliphatic carbocycles. The first-order valence-corrected chi connectivity index (χ1v) is 6.26. The summed E-state index contributed by atoms with van der Waals surface area (Å²) in [6, 6.07) is 5.95. The van der Waals surface area contributed by atoms with Crippen LogP contribution in [0, 0.1) is 17.0 Å². The van der Waals surface area contributed by atoms with Crippen molar-refractivity contribution in [3.63, 3.8) is 0 Å². The maximum atomic E-state index is 10.9. The summed E-state index contributed by atoms with van der Waals surface area (Å²) >= 11 is 5.93. The monoisotopic (exact) mass is 309 g/mol. The first-order chi connectivity index (χ1) is 10.0. The van der Waals surface area contributed by atoms with Gasteiger partial charge in [-0.3, -0.25) is 10.1 Å². The van der Waals surface area contributed by atoms with Crippen LogP contribution in [0.1, 0.15) is 11.5 Å². The molecule has 1 heterocycles. The first-order valence-electron chi connectivity index (χ1n) is 5.88. The Balaban J connectivity index is 2.24. The van der Waals surface area contributed by atoms with Gasteiger partial charge in [0.25, 0.3) is 0 Å². The third-order valence-corrected chi connectivity index (χ3v) is 2.83. The molecule has 0 saturated carbocycles. The predicted octanol–water partition coefficient (Wildman–Crippen LogP) is 2.21. The van der Waals surface area contributed by atoms with E-state index in [0.717, 1.165) is 0 Å². The van der Waals surface area contributed by atoms with Gasteiger partial charge in [-0.05, 0) is 13.0 Å². The zero-order valence-corrected chi connectivity index (χ0v) is 11.8. The molecule has 0 bridgehead atoms. The number of nitrogens with two attached hydrogens (primary N) is 1. The van der Waals surface area contributed by atoms with Gasteiger partial charge in [-0.25, -0.2) is 15.8 Å². The van der Waals surface area contributed by atoms with Crippen LogP contribution in [-0.4, -0.2) is 14.9 Å². The number of aryl methyl sites for hydroxylation is 1. The van der Waals surface area contributed by atoms with E-state index in [1.54, 1.807) is 13.0 Å². The smallest absolute Gasteiger partial charge is 0.312 e. The summed E-state index contributed by atoms with van der Waals surface area (Å²) in [6.07, 6.45) is 0. The maximum Gasteiger partial charge on any atom is 0.312 e. The molecule has 9 heteroatoms. The second kappa shape index (κ2) is 6.33. The number of hydrogen-bond donors (Lipinski definition) is 2. The van der Waals surface area contributed by atoms with Crippen molar-refractivity contribution in [2.45, 2.75) is 13.5 Å². The van der Waals surface area contributed by atoms with Crippen molar-refractivity contribution in [2.24, 2.45) is 5.84 Å². The van der Waals surface area contributed by atoms with E-state index in [1.165, 1.54) is 18.2 Å². The quantitative estimate of drug-likeness (QED) is 0.494. The molecule has 0 spiro atoms. The fourth-order valence-corrected chi connectivity index (χ4v) is 1.91. The third kappa shape index (κ3) is 3.56. The fourth-order valence-electron chi connectivity index (χ4n) is 1.69. The maximum absolute atomic E-state index is 10.9. The summed E-state index contributed by atoms with van der Waals surface area (Å²) in [5.74, 6) is 6.03. The zero-order chi connectivity index (χ0) is 15.4. The van der Waals surface area contributed by atoms with Crippen LogP contribution < -0.4 is 16.0 Å². The Morgan fingerprint density at radius 1 is 1.48 bits per heavy atom. The van der Waals surface area contributed by atoms with Crippen molar-refractivity contribution in [1.82, 2.24) is 9.97 Å². The van der Waals surface area contributed by atoms with Crippen LogP contribution in [0.4, 0.5) is 11.5 Å². The average Bonchev–Trinajstić information content (AvgIpc) is 2.45. The second-order valence-electron chi connectivity index (χ2n) is 4.09. The van der Waals surface area contributed by atoms with E-state index < -0.39 is 4.92 Å². The molecule has 110 valence electrons. The van der Waals surface area contributed by atoms with Crippen molar-refractivity contribution in [3.05, 3.63) is 50.9 Å². The molecule has 0 aliphatic heterocycles. The molecule has 21 heavy (non-hydrogen) atoms. The van der Waals surface area contributed by atoms with Crippen molar-refractivity contribution >= 4 is 23.1 Å². The van der Waals surface area contributed by atoms with Crippen LogP contribution in [0.2, 0.25) is 5.02 Å². The van der Waals surface area contributed by atoms with E-state index in [-0.39, 0.29) is 23.1 Å². The highest BCUT2D eigenvalue weighted by Gasteiger charge is 2.18. The highest BCUT2D eigenvalue weighted by Crippen LogP contribution is 2.34. The molecule has 1 aromatic carbocycles. The lowest BCUT2D eigenvalue weighted by molar-refractivity contribution is -0.385. The standard InChI is InChI=1S/C12H12ClN5O3/c1-7-5-10(17-14)16-11(15-7)6-21-12-8(13)3-2-4-9(12)18(19)20/h2-5H,6,14H2,1H3,(H,15,16,17). The number of nitro benzene ring substituents is 1. The number of anilines is 1. The number of nitrogens with zero attached hydrogens (tertiary/aromatic N) is 3. The van der Waals surface area contributed by atoms with Crippen molar-refractivity contribution in [3.8, 4) is 5.75 Å². The van der Waals surface area contributed by atoms with E-state index in [1.807, 2.05) is 0 Å². The van der Waals surface area contributed by atoms with Gasteiger partial charge >= 0.3 is 5.69 Å². The third-order valence-electron chi connectivity index (χ3n) is 2.54. The SMILES string of the molecule is Cc1cc(NN)nc(COc2c(Cl)cccc2[N+](=O)[O-])n1. The van der Waals surface area contributed by atoms with E-state index in [9.17, 15) is 10.1 Å². The first kappa shape index (κ1) is 14.9. The van der Waals surface area contributed by atoms with Crippen LogP contribution in [0.15, 0.2) is 24.3 Å². The van der Waals surface area contributed by atoms with Crippen LogP contribution in [-0.2, 0) is 6.61 Å². The van der Waals surface area contributed by atoms with Gasteiger partial charge in [0, 0.05) is 17.8 Å². The summed E-state index contributed by atoms with van der Waals surface area (Å²) in [7, 11) is 0. The molecule has 0 amide bonds. The fraction of sp³-hybridized carbons (Fsp3) is 0.167. The van der Waals surface area contributed by atoms with Gasteiger partial charge in [-0.2, -0.15) is 0 Å². The minimum atomic E-state index is -0.564. The van der Waals surface area contributed by atoms with Gasteiger partial charge in [-0.1, -0.05) is 17.7 Å². The van der Waals surface area contributed by atoms with E-state index in [2.05, 4.69) is 15.4 Å². The van der Waals surface area contributed by atoms with Crippen molar-refractivity contribution in [2.75, 3.05) is 5.43 Å². The van der Waals surface area contributed by atoms with Crippen LogP contribution in [0.25, 0.3) is 0 Å². The Morgan fingerprint density at radius 2 is 2.24 bits per heavy atom.